The highest BCUT2D eigenvalue weighted by Crippen LogP contribution is 2.38. The summed E-state index contributed by atoms with van der Waals surface area (Å²) in [5.41, 5.74) is 10.6. The topological polar surface area (TPSA) is 91.8 Å². The van der Waals surface area contributed by atoms with E-state index in [1.54, 1.807) is 0 Å². The first kappa shape index (κ1) is 18.0. The molecule has 3 aromatic rings. The van der Waals surface area contributed by atoms with Crippen LogP contribution in [0.15, 0.2) is 6.07 Å². The van der Waals surface area contributed by atoms with Crippen LogP contribution in [0.4, 0.5) is 10.7 Å². The molecule has 1 atom stereocenters. The fraction of sp³-hybridized carbons (Fsp3) is 0.350. The Hall–Kier alpha value is -2.43. The second kappa shape index (κ2) is 6.63. The zero-order valence-electron chi connectivity index (χ0n) is 15.5. The van der Waals surface area contributed by atoms with E-state index >= 15 is 0 Å². The third kappa shape index (κ3) is 2.99. The molecular formula is C20H20N4OS2. The number of carbonyl (C=O) groups is 1. The molecule has 0 radical (unpaired) electrons. The van der Waals surface area contributed by atoms with E-state index in [1.165, 1.54) is 28.2 Å². The highest BCUT2D eigenvalue weighted by molar-refractivity contribution is 7.21. The number of nitrogens with one attached hydrogen (secondary N) is 1. The molecule has 0 aromatic carbocycles. The van der Waals surface area contributed by atoms with Crippen molar-refractivity contribution in [1.82, 2.24) is 4.98 Å². The average molecular weight is 397 g/mol. The third-order valence-electron chi connectivity index (χ3n) is 5.26. The van der Waals surface area contributed by atoms with Gasteiger partial charge < -0.3 is 11.1 Å². The molecule has 1 aliphatic carbocycles. The van der Waals surface area contributed by atoms with E-state index < -0.39 is 0 Å². The Bertz CT molecular complexity index is 1120. The van der Waals surface area contributed by atoms with Crippen molar-refractivity contribution in [2.75, 3.05) is 11.1 Å². The fourth-order valence-electron chi connectivity index (χ4n) is 3.55. The second-order valence-electron chi connectivity index (χ2n) is 7.19. The highest BCUT2D eigenvalue weighted by atomic mass is 32.1. The number of pyridine rings is 1. The van der Waals surface area contributed by atoms with E-state index in [-0.39, 0.29) is 5.91 Å². The summed E-state index contributed by atoms with van der Waals surface area (Å²) in [5, 5.41) is 13.7. The number of rotatable bonds is 2. The summed E-state index contributed by atoms with van der Waals surface area (Å²) in [7, 11) is 0. The van der Waals surface area contributed by atoms with Gasteiger partial charge in [0.05, 0.1) is 11.3 Å². The number of anilines is 2. The molecule has 138 valence electrons. The second-order valence-corrected chi connectivity index (χ2v) is 9.42. The van der Waals surface area contributed by atoms with E-state index in [4.69, 9.17) is 10.7 Å². The smallest absolute Gasteiger partial charge is 0.268 e. The van der Waals surface area contributed by atoms with E-state index in [1.807, 2.05) is 13.8 Å². The number of hydrogen-bond donors (Lipinski definition) is 2. The van der Waals surface area contributed by atoms with Crippen LogP contribution in [0.25, 0.3) is 10.2 Å². The zero-order chi connectivity index (χ0) is 19.3. The van der Waals surface area contributed by atoms with Crippen LogP contribution < -0.4 is 11.1 Å². The van der Waals surface area contributed by atoms with Gasteiger partial charge in [-0.05, 0) is 56.2 Å². The summed E-state index contributed by atoms with van der Waals surface area (Å²) in [4.78, 5) is 19.9. The quantitative estimate of drug-likeness (QED) is 0.650. The van der Waals surface area contributed by atoms with Crippen LogP contribution in [-0.2, 0) is 12.8 Å². The third-order valence-corrected chi connectivity index (χ3v) is 7.50. The average Bonchev–Trinajstić information content (AvgIpc) is 3.09. The lowest BCUT2D eigenvalue weighted by Gasteiger charge is -2.20. The van der Waals surface area contributed by atoms with Gasteiger partial charge in [-0.15, -0.1) is 22.7 Å². The molecule has 3 aromatic heterocycles. The molecule has 0 saturated carbocycles. The van der Waals surface area contributed by atoms with E-state index in [0.29, 0.717) is 27.0 Å². The first-order valence-corrected chi connectivity index (χ1v) is 10.5. The molecule has 0 saturated heterocycles. The number of aromatic nitrogens is 1. The minimum atomic E-state index is -0.278. The molecule has 0 fully saturated rings. The first-order chi connectivity index (χ1) is 12.9. The van der Waals surface area contributed by atoms with Crippen molar-refractivity contribution in [3.8, 4) is 6.07 Å². The number of aryl methyl sites for hydroxylation is 2. The van der Waals surface area contributed by atoms with Crippen molar-refractivity contribution in [3.05, 3.63) is 38.2 Å². The molecule has 7 heteroatoms. The van der Waals surface area contributed by atoms with Crippen LogP contribution >= 0.6 is 22.7 Å². The van der Waals surface area contributed by atoms with Crippen LogP contribution in [0.2, 0.25) is 0 Å². The minimum Gasteiger partial charge on any atom is -0.397 e. The SMILES string of the molecule is Cc1sc(NC(=O)c2sc3nc4c(cc3c2N)CC(C)CC4)c(C#N)c1C. The molecule has 27 heavy (non-hydrogen) atoms. The van der Waals surface area contributed by atoms with Crippen LogP contribution in [0.1, 0.15) is 50.3 Å². The van der Waals surface area contributed by atoms with E-state index in [2.05, 4.69) is 24.4 Å². The number of nitrogens with two attached hydrogens (primary N) is 1. The summed E-state index contributed by atoms with van der Waals surface area (Å²) >= 11 is 2.74. The standard InChI is InChI=1S/C20H20N4OS2/c1-9-4-5-15-12(6-9)7-13-16(22)17(27-19(13)23-15)18(25)24-20-14(8-21)10(2)11(3)26-20/h7,9H,4-6,22H2,1-3H3,(H,24,25). The number of nitrogens with zero attached hydrogens (tertiary/aromatic N) is 2. The number of amides is 1. The number of thiophene rings is 2. The molecule has 1 aliphatic rings. The van der Waals surface area contributed by atoms with Crippen molar-refractivity contribution < 1.29 is 4.79 Å². The summed E-state index contributed by atoms with van der Waals surface area (Å²) in [6.45, 7) is 6.09. The number of carbonyl (C=O) groups excluding carboxylic acids is 1. The maximum absolute atomic E-state index is 12.9. The Kier molecular flexibility index (Phi) is 4.41. The lowest BCUT2D eigenvalue weighted by molar-refractivity contribution is 0.103. The van der Waals surface area contributed by atoms with Gasteiger partial charge in [-0.3, -0.25) is 4.79 Å². The summed E-state index contributed by atoms with van der Waals surface area (Å²) < 4.78 is 0. The molecule has 0 aliphatic heterocycles. The predicted molar refractivity (Wildman–Crippen MR) is 112 cm³/mol. The van der Waals surface area contributed by atoms with Gasteiger partial charge in [0.15, 0.2) is 0 Å². The van der Waals surface area contributed by atoms with Crippen LogP contribution in [-0.4, -0.2) is 10.9 Å². The van der Waals surface area contributed by atoms with Crippen molar-refractivity contribution in [1.29, 1.82) is 5.26 Å². The number of nitrogen functional groups attached to an aromatic ring is 1. The van der Waals surface area contributed by atoms with Gasteiger partial charge in [-0.1, -0.05) is 6.92 Å². The number of hydrogen-bond acceptors (Lipinski definition) is 6. The molecule has 3 heterocycles. The largest absolute Gasteiger partial charge is 0.397 e. The Labute approximate surface area is 165 Å². The Morgan fingerprint density at radius 1 is 1.41 bits per heavy atom. The first-order valence-electron chi connectivity index (χ1n) is 8.91. The maximum atomic E-state index is 12.9. The Morgan fingerprint density at radius 2 is 2.19 bits per heavy atom. The molecule has 0 spiro atoms. The molecule has 1 unspecified atom stereocenters. The normalized spacial score (nSPS) is 16.1. The minimum absolute atomic E-state index is 0.278. The summed E-state index contributed by atoms with van der Waals surface area (Å²) in [6, 6.07) is 4.29. The number of nitriles is 1. The lowest BCUT2D eigenvalue weighted by atomic mass is 9.87. The molecule has 1 amide bonds. The molecule has 3 N–H and O–H groups in total. The lowest BCUT2D eigenvalue weighted by Crippen LogP contribution is -2.12. The van der Waals surface area contributed by atoms with Gasteiger partial charge in [0.1, 0.15) is 20.8 Å². The van der Waals surface area contributed by atoms with Crippen molar-refractivity contribution in [3.63, 3.8) is 0 Å². The van der Waals surface area contributed by atoms with Crippen molar-refractivity contribution in [2.24, 2.45) is 5.92 Å². The monoisotopic (exact) mass is 396 g/mol. The highest BCUT2D eigenvalue weighted by Gasteiger charge is 2.23. The van der Waals surface area contributed by atoms with Crippen LogP contribution in [0.5, 0.6) is 0 Å². The van der Waals surface area contributed by atoms with E-state index in [0.717, 1.165) is 45.6 Å². The van der Waals surface area contributed by atoms with Gasteiger partial charge in [0, 0.05) is 16.0 Å². The predicted octanol–water partition coefficient (Wildman–Crippen LogP) is 4.81. The van der Waals surface area contributed by atoms with Crippen LogP contribution in [0, 0.1) is 31.1 Å². The fourth-order valence-corrected chi connectivity index (χ4v) is 5.55. The number of fused-ring (bicyclic) bond motifs is 2. The summed E-state index contributed by atoms with van der Waals surface area (Å²) in [5.74, 6) is 0.369. The van der Waals surface area contributed by atoms with Crippen molar-refractivity contribution in [2.45, 2.75) is 40.0 Å². The van der Waals surface area contributed by atoms with Crippen LogP contribution in [0.3, 0.4) is 0 Å². The molecule has 0 bridgehead atoms. The van der Waals surface area contributed by atoms with Gasteiger partial charge in [0.2, 0.25) is 0 Å². The van der Waals surface area contributed by atoms with Gasteiger partial charge in [-0.25, -0.2) is 4.98 Å². The molecular weight excluding hydrogens is 376 g/mol. The van der Waals surface area contributed by atoms with Gasteiger partial charge in [0.25, 0.3) is 5.91 Å². The summed E-state index contributed by atoms with van der Waals surface area (Å²) in [6.07, 6.45) is 3.13. The van der Waals surface area contributed by atoms with Crippen molar-refractivity contribution >= 4 is 49.5 Å². The molecule has 4 rings (SSSR count). The van der Waals surface area contributed by atoms with Gasteiger partial charge >= 0.3 is 0 Å². The maximum Gasteiger partial charge on any atom is 0.268 e. The Balaban J connectivity index is 1.72. The zero-order valence-corrected chi connectivity index (χ0v) is 17.1. The molecule has 5 nitrogen and oxygen atoms in total. The van der Waals surface area contributed by atoms with Gasteiger partial charge in [-0.2, -0.15) is 5.26 Å². The Morgan fingerprint density at radius 3 is 2.93 bits per heavy atom. The van der Waals surface area contributed by atoms with E-state index in [9.17, 15) is 10.1 Å².